The number of rotatable bonds is 1. The molecule has 0 saturated carbocycles. The first-order valence-corrected chi connectivity index (χ1v) is 5.22. The minimum atomic E-state index is -0.196. The maximum absolute atomic E-state index is 9.22. The lowest BCUT2D eigenvalue weighted by Crippen LogP contribution is -2.51. The first kappa shape index (κ1) is 10.4. The van der Waals surface area contributed by atoms with E-state index in [2.05, 4.69) is 35.6 Å². The van der Waals surface area contributed by atoms with Crippen molar-refractivity contribution in [1.82, 2.24) is 9.97 Å². The molecule has 0 aliphatic carbocycles. The van der Waals surface area contributed by atoms with Crippen LogP contribution in [0.4, 0.5) is 5.82 Å². The number of aliphatic hydroxyl groups excluding tert-OH is 1. The maximum atomic E-state index is 9.22. The SMILES string of the molecule is CC(C)(C)c1cc(N2CC(O)C2)ncn1. The van der Waals surface area contributed by atoms with E-state index in [9.17, 15) is 5.11 Å². The Kier molecular flexibility index (Phi) is 2.38. The highest BCUT2D eigenvalue weighted by Crippen LogP contribution is 2.24. The average Bonchev–Trinajstić information content (AvgIpc) is 2.12. The predicted molar refractivity (Wildman–Crippen MR) is 59.0 cm³/mol. The van der Waals surface area contributed by atoms with E-state index in [0.29, 0.717) is 13.1 Å². The number of hydrogen-bond acceptors (Lipinski definition) is 4. The second-order valence-electron chi connectivity index (χ2n) is 5.07. The number of aromatic nitrogens is 2. The van der Waals surface area contributed by atoms with Gasteiger partial charge in [-0.1, -0.05) is 20.8 Å². The number of β-amino-alcohol motifs (C(OH)–C–C–N with tert-alkyl or cyclic N) is 1. The lowest BCUT2D eigenvalue weighted by molar-refractivity contribution is 0.141. The van der Waals surface area contributed by atoms with Crippen molar-refractivity contribution in [2.24, 2.45) is 0 Å². The van der Waals surface area contributed by atoms with Crippen molar-refractivity contribution in [2.45, 2.75) is 32.3 Å². The molecule has 0 spiro atoms. The minimum Gasteiger partial charge on any atom is -0.389 e. The van der Waals surface area contributed by atoms with E-state index in [-0.39, 0.29) is 11.5 Å². The molecule has 1 N–H and O–H groups in total. The monoisotopic (exact) mass is 207 g/mol. The lowest BCUT2D eigenvalue weighted by Gasteiger charge is -2.37. The Morgan fingerprint density at radius 3 is 2.53 bits per heavy atom. The summed E-state index contributed by atoms with van der Waals surface area (Å²) in [4.78, 5) is 10.5. The Balaban J connectivity index is 2.20. The summed E-state index contributed by atoms with van der Waals surface area (Å²) in [6.07, 6.45) is 1.40. The van der Waals surface area contributed by atoms with Gasteiger partial charge in [-0.3, -0.25) is 0 Å². The fourth-order valence-corrected chi connectivity index (χ4v) is 1.57. The quantitative estimate of drug-likeness (QED) is 0.745. The highest BCUT2D eigenvalue weighted by atomic mass is 16.3. The topological polar surface area (TPSA) is 49.2 Å². The molecule has 4 heteroatoms. The zero-order chi connectivity index (χ0) is 11.1. The largest absolute Gasteiger partial charge is 0.389 e. The van der Waals surface area contributed by atoms with Crippen LogP contribution in [0.25, 0.3) is 0 Å². The summed E-state index contributed by atoms with van der Waals surface area (Å²) in [6, 6.07) is 2.01. The first-order valence-electron chi connectivity index (χ1n) is 5.22. The molecule has 1 saturated heterocycles. The van der Waals surface area contributed by atoms with Gasteiger partial charge in [-0.25, -0.2) is 9.97 Å². The Labute approximate surface area is 90.0 Å². The summed E-state index contributed by atoms with van der Waals surface area (Å²) in [5.41, 5.74) is 1.08. The third-order valence-electron chi connectivity index (χ3n) is 2.61. The minimum absolute atomic E-state index is 0.0428. The summed E-state index contributed by atoms with van der Waals surface area (Å²) >= 11 is 0. The molecule has 0 bridgehead atoms. The molecule has 2 heterocycles. The third kappa shape index (κ3) is 2.09. The molecular formula is C11H17N3O. The molecule has 15 heavy (non-hydrogen) atoms. The molecule has 1 aliphatic rings. The molecule has 0 unspecified atom stereocenters. The zero-order valence-corrected chi connectivity index (χ0v) is 9.44. The molecule has 82 valence electrons. The molecular weight excluding hydrogens is 190 g/mol. The van der Waals surface area contributed by atoms with Gasteiger partial charge in [-0.05, 0) is 0 Å². The summed E-state index contributed by atoms with van der Waals surface area (Å²) in [5, 5.41) is 9.22. The van der Waals surface area contributed by atoms with Crippen LogP contribution in [-0.4, -0.2) is 34.3 Å². The van der Waals surface area contributed by atoms with Gasteiger partial charge in [0.05, 0.1) is 11.8 Å². The van der Waals surface area contributed by atoms with E-state index >= 15 is 0 Å². The van der Waals surface area contributed by atoms with Crippen LogP contribution in [0.2, 0.25) is 0 Å². The van der Waals surface area contributed by atoms with E-state index in [0.717, 1.165) is 11.5 Å². The molecule has 2 rings (SSSR count). The van der Waals surface area contributed by atoms with Crippen molar-refractivity contribution in [3.05, 3.63) is 18.1 Å². The zero-order valence-electron chi connectivity index (χ0n) is 9.44. The van der Waals surface area contributed by atoms with Crippen LogP contribution >= 0.6 is 0 Å². The van der Waals surface area contributed by atoms with Gasteiger partial charge in [-0.15, -0.1) is 0 Å². The molecule has 1 fully saturated rings. The van der Waals surface area contributed by atoms with Crippen molar-refractivity contribution in [2.75, 3.05) is 18.0 Å². The molecule has 0 aromatic carbocycles. The van der Waals surface area contributed by atoms with Crippen LogP contribution in [0.15, 0.2) is 12.4 Å². The Hall–Kier alpha value is -1.16. The molecule has 4 nitrogen and oxygen atoms in total. The van der Waals surface area contributed by atoms with Crippen LogP contribution in [0.3, 0.4) is 0 Å². The van der Waals surface area contributed by atoms with Crippen molar-refractivity contribution in [3.63, 3.8) is 0 Å². The van der Waals surface area contributed by atoms with Crippen LogP contribution in [0, 0.1) is 0 Å². The second kappa shape index (κ2) is 3.45. The van der Waals surface area contributed by atoms with Crippen LogP contribution in [0.1, 0.15) is 26.5 Å². The van der Waals surface area contributed by atoms with E-state index in [4.69, 9.17) is 0 Å². The number of hydrogen-bond donors (Lipinski definition) is 1. The fourth-order valence-electron chi connectivity index (χ4n) is 1.57. The summed E-state index contributed by atoms with van der Waals surface area (Å²) in [7, 11) is 0. The van der Waals surface area contributed by atoms with Crippen LogP contribution in [0.5, 0.6) is 0 Å². The number of nitrogens with zero attached hydrogens (tertiary/aromatic N) is 3. The van der Waals surface area contributed by atoms with Gasteiger partial charge in [0.2, 0.25) is 0 Å². The number of anilines is 1. The van der Waals surface area contributed by atoms with E-state index in [1.165, 1.54) is 0 Å². The molecule has 0 amide bonds. The Morgan fingerprint density at radius 1 is 1.33 bits per heavy atom. The summed E-state index contributed by atoms with van der Waals surface area (Å²) in [6.45, 7) is 7.75. The molecule has 1 aromatic heterocycles. The van der Waals surface area contributed by atoms with Gasteiger partial charge < -0.3 is 10.0 Å². The fraction of sp³-hybridized carbons (Fsp3) is 0.636. The van der Waals surface area contributed by atoms with Crippen molar-refractivity contribution in [3.8, 4) is 0 Å². The summed E-state index contributed by atoms with van der Waals surface area (Å²) < 4.78 is 0. The molecule has 1 aliphatic heterocycles. The van der Waals surface area contributed by atoms with Gasteiger partial charge in [0.25, 0.3) is 0 Å². The highest BCUT2D eigenvalue weighted by Gasteiger charge is 2.26. The normalized spacial score (nSPS) is 17.7. The van der Waals surface area contributed by atoms with E-state index < -0.39 is 0 Å². The van der Waals surface area contributed by atoms with Crippen LogP contribution < -0.4 is 4.90 Å². The van der Waals surface area contributed by atoms with Crippen molar-refractivity contribution < 1.29 is 5.11 Å². The van der Waals surface area contributed by atoms with Crippen LogP contribution in [-0.2, 0) is 5.41 Å². The van der Waals surface area contributed by atoms with Gasteiger partial charge in [0.15, 0.2) is 0 Å². The van der Waals surface area contributed by atoms with Gasteiger partial charge in [-0.2, -0.15) is 0 Å². The van der Waals surface area contributed by atoms with Gasteiger partial charge in [0.1, 0.15) is 12.1 Å². The number of aliphatic hydroxyl groups is 1. The van der Waals surface area contributed by atoms with E-state index in [1.54, 1.807) is 6.33 Å². The Morgan fingerprint density at radius 2 is 2.00 bits per heavy atom. The summed E-state index contributed by atoms with van der Waals surface area (Å²) in [5.74, 6) is 0.917. The van der Waals surface area contributed by atoms with Crippen molar-refractivity contribution in [1.29, 1.82) is 0 Å². The molecule has 1 aromatic rings. The smallest absolute Gasteiger partial charge is 0.132 e. The molecule has 0 atom stereocenters. The van der Waals surface area contributed by atoms with Gasteiger partial charge >= 0.3 is 0 Å². The lowest BCUT2D eigenvalue weighted by atomic mass is 9.92. The first-order chi connectivity index (χ1) is 6.97. The third-order valence-corrected chi connectivity index (χ3v) is 2.61. The van der Waals surface area contributed by atoms with E-state index in [1.807, 2.05) is 6.07 Å². The van der Waals surface area contributed by atoms with Gasteiger partial charge in [0, 0.05) is 24.6 Å². The average molecular weight is 207 g/mol. The second-order valence-corrected chi connectivity index (χ2v) is 5.07. The maximum Gasteiger partial charge on any atom is 0.132 e. The highest BCUT2D eigenvalue weighted by molar-refractivity contribution is 5.43. The predicted octanol–water partition coefficient (Wildman–Crippen LogP) is 0.955. The Bertz CT molecular complexity index is 353. The van der Waals surface area contributed by atoms with Crippen molar-refractivity contribution >= 4 is 5.82 Å². The standard InChI is InChI=1S/C11H17N3O/c1-11(2,3)9-4-10(13-7-12-9)14-5-8(15)6-14/h4,7-8,15H,5-6H2,1-3H3. The molecule has 0 radical (unpaired) electrons.